The lowest BCUT2D eigenvalue weighted by Crippen LogP contribution is -2.39. The number of aromatic amines is 1. The first-order valence-electron chi connectivity index (χ1n) is 7.34. The van der Waals surface area contributed by atoms with Crippen molar-refractivity contribution in [3.63, 3.8) is 0 Å². The van der Waals surface area contributed by atoms with Gasteiger partial charge in [0, 0.05) is 24.8 Å². The first kappa shape index (κ1) is 14.6. The number of methoxy groups -OCH3 is 1. The zero-order valence-corrected chi connectivity index (χ0v) is 12.5. The number of aromatic nitrogens is 2. The van der Waals surface area contributed by atoms with E-state index in [-0.39, 0.29) is 11.9 Å². The van der Waals surface area contributed by atoms with Gasteiger partial charge in [-0.25, -0.2) is 0 Å². The van der Waals surface area contributed by atoms with E-state index in [0.29, 0.717) is 18.9 Å². The van der Waals surface area contributed by atoms with Crippen molar-refractivity contribution in [1.82, 2.24) is 15.5 Å². The average Bonchev–Trinajstić information content (AvgIpc) is 3.06. The monoisotopic (exact) mass is 301 g/mol. The lowest BCUT2D eigenvalue weighted by Gasteiger charge is -2.22. The number of carbonyl (C=O) groups is 1. The first-order valence-corrected chi connectivity index (χ1v) is 7.34. The van der Waals surface area contributed by atoms with Gasteiger partial charge in [0.15, 0.2) is 0 Å². The Morgan fingerprint density at radius 2 is 2.05 bits per heavy atom. The van der Waals surface area contributed by atoms with Gasteiger partial charge in [0.1, 0.15) is 11.4 Å². The largest absolute Gasteiger partial charge is 0.497 e. The molecule has 1 fully saturated rings. The predicted molar refractivity (Wildman–Crippen MR) is 81.9 cm³/mol. The fourth-order valence-electron chi connectivity index (χ4n) is 2.45. The van der Waals surface area contributed by atoms with E-state index in [4.69, 9.17) is 9.47 Å². The van der Waals surface area contributed by atoms with Gasteiger partial charge in [-0.3, -0.25) is 9.89 Å². The number of nitrogens with zero attached hydrogens (tertiary/aromatic N) is 1. The molecule has 2 aromatic rings. The fraction of sp³-hybridized carbons (Fsp3) is 0.375. The van der Waals surface area contributed by atoms with Crippen LogP contribution in [0.5, 0.6) is 5.75 Å². The third-order valence-corrected chi connectivity index (χ3v) is 3.76. The summed E-state index contributed by atoms with van der Waals surface area (Å²) < 4.78 is 10.4. The quantitative estimate of drug-likeness (QED) is 0.905. The molecule has 2 N–H and O–H groups in total. The van der Waals surface area contributed by atoms with E-state index < -0.39 is 0 Å². The van der Waals surface area contributed by atoms with Crippen LogP contribution in [0.25, 0.3) is 11.3 Å². The van der Waals surface area contributed by atoms with Gasteiger partial charge in [0.25, 0.3) is 5.91 Å². The van der Waals surface area contributed by atoms with Gasteiger partial charge >= 0.3 is 0 Å². The van der Waals surface area contributed by atoms with Gasteiger partial charge in [-0.05, 0) is 43.2 Å². The molecule has 0 saturated carbocycles. The van der Waals surface area contributed by atoms with E-state index in [1.807, 2.05) is 24.3 Å². The second-order valence-corrected chi connectivity index (χ2v) is 5.26. The molecule has 6 nitrogen and oxygen atoms in total. The van der Waals surface area contributed by atoms with E-state index in [2.05, 4.69) is 15.5 Å². The lowest BCUT2D eigenvalue weighted by atomic mass is 10.1. The van der Waals surface area contributed by atoms with Crippen molar-refractivity contribution in [2.45, 2.75) is 18.9 Å². The van der Waals surface area contributed by atoms with E-state index >= 15 is 0 Å². The van der Waals surface area contributed by atoms with Gasteiger partial charge in [0.2, 0.25) is 0 Å². The summed E-state index contributed by atoms with van der Waals surface area (Å²) in [5.41, 5.74) is 2.14. The lowest BCUT2D eigenvalue weighted by molar-refractivity contribution is 0.0694. The molecule has 2 heterocycles. The number of benzene rings is 1. The third-order valence-electron chi connectivity index (χ3n) is 3.76. The Balaban J connectivity index is 1.68. The molecule has 1 saturated heterocycles. The summed E-state index contributed by atoms with van der Waals surface area (Å²) in [6.07, 6.45) is 1.70. The number of H-pyrrole nitrogens is 1. The van der Waals surface area contributed by atoms with E-state index in [9.17, 15) is 4.79 Å². The molecular weight excluding hydrogens is 282 g/mol. The highest BCUT2D eigenvalue weighted by atomic mass is 16.5. The Morgan fingerprint density at radius 3 is 2.73 bits per heavy atom. The number of amides is 1. The summed E-state index contributed by atoms with van der Waals surface area (Å²) in [6, 6.07) is 9.49. The molecule has 6 heteroatoms. The molecule has 0 spiro atoms. The maximum Gasteiger partial charge on any atom is 0.269 e. The van der Waals surface area contributed by atoms with Crippen LogP contribution in [0.1, 0.15) is 23.3 Å². The van der Waals surface area contributed by atoms with Crippen LogP contribution in [0.3, 0.4) is 0 Å². The molecule has 1 aromatic carbocycles. The van der Waals surface area contributed by atoms with Crippen molar-refractivity contribution in [1.29, 1.82) is 0 Å². The normalized spacial score (nSPS) is 15.5. The third kappa shape index (κ3) is 3.28. The SMILES string of the molecule is COc1ccc(-c2cc(C(=O)NC3CCOCC3)[nH]n2)cc1. The number of nitrogens with one attached hydrogen (secondary N) is 2. The highest BCUT2D eigenvalue weighted by Gasteiger charge is 2.18. The van der Waals surface area contributed by atoms with Crippen molar-refractivity contribution in [3.05, 3.63) is 36.0 Å². The van der Waals surface area contributed by atoms with Gasteiger partial charge < -0.3 is 14.8 Å². The minimum atomic E-state index is -0.126. The Morgan fingerprint density at radius 1 is 1.32 bits per heavy atom. The maximum atomic E-state index is 12.2. The molecular formula is C16H19N3O3. The molecule has 116 valence electrons. The van der Waals surface area contributed by atoms with Gasteiger partial charge in [-0.1, -0.05) is 0 Å². The average molecular weight is 301 g/mol. The molecule has 0 aliphatic carbocycles. The summed E-state index contributed by atoms with van der Waals surface area (Å²) in [4.78, 5) is 12.2. The summed E-state index contributed by atoms with van der Waals surface area (Å²) in [6.45, 7) is 1.40. The number of hydrogen-bond acceptors (Lipinski definition) is 4. The fourth-order valence-corrected chi connectivity index (χ4v) is 2.45. The Hall–Kier alpha value is -2.34. The Bertz CT molecular complexity index is 630. The molecule has 1 aliphatic heterocycles. The molecule has 3 rings (SSSR count). The van der Waals surface area contributed by atoms with Crippen molar-refractivity contribution < 1.29 is 14.3 Å². The second-order valence-electron chi connectivity index (χ2n) is 5.26. The van der Waals surface area contributed by atoms with Crippen LogP contribution in [0.2, 0.25) is 0 Å². The summed E-state index contributed by atoms with van der Waals surface area (Å²) >= 11 is 0. The maximum absolute atomic E-state index is 12.2. The van der Waals surface area contributed by atoms with E-state index in [1.54, 1.807) is 13.2 Å². The zero-order valence-electron chi connectivity index (χ0n) is 12.5. The van der Waals surface area contributed by atoms with Gasteiger partial charge in [-0.15, -0.1) is 0 Å². The zero-order chi connectivity index (χ0) is 15.4. The number of carbonyl (C=O) groups excluding carboxylic acids is 1. The van der Waals surface area contributed by atoms with Crippen LogP contribution in [0.15, 0.2) is 30.3 Å². The number of ether oxygens (including phenoxy) is 2. The van der Waals surface area contributed by atoms with E-state index in [1.165, 1.54) is 0 Å². The van der Waals surface area contributed by atoms with Crippen molar-refractivity contribution >= 4 is 5.91 Å². The predicted octanol–water partition coefficient (Wildman–Crippen LogP) is 1.99. The minimum Gasteiger partial charge on any atom is -0.497 e. The molecule has 0 atom stereocenters. The smallest absolute Gasteiger partial charge is 0.269 e. The van der Waals surface area contributed by atoms with Crippen LogP contribution in [0.4, 0.5) is 0 Å². The molecule has 1 aliphatic rings. The van der Waals surface area contributed by atoms with Crippen LogP contribution in [-0.4, -0.2) is 42.5 Å². The Labute approximate surface area is 128 Å². The van der Waals surface area contributed by atoms with Crippen LogP contribution >= 0.6 is 0 Å². The van der Waals surface area contributed by atoms with Crippen molar-refractivity contribution in [2.24, 2.45) is 0 Å². The molecule has 22 heavy (non-hydrogen) atoms. The Kier molecular flexibility index (Phi) is 4.39. The summed E-state index contributed by atoms with van der Waals surface area (Å²) in [5, 5.41) is 10.0. The van der Waals surface area contributed by atoms with Crippen LogP contribution < -0.4 is 10.1 Å². The second kappa shape index (κ2) is 6.62. The number of hydrogen-bond donors (Lipinski definition) is 2. The summed E-state index contributed by atoms with van der Waals surface area (Å²) in [7, 11) is 1.63. The van der Waals surface area contributed by atoms with Crippen molar-refractivity contribution in [2.75, 3.05) is 20.3 Å². The highest BCUT2D eigenvalue weighted by molar-refractivity contribution is 5.93. The summed E-state index contributed by atoms with van der Waals surface area (Å²) in [5.74, 6) is 0.663. The van der Waals surface area contributed by atoms with Gasteiger partial charge in [0.05, 0.1) is 12.8 Å². The van der Waals surface area contributed by atoms with Gasteiger partial charge in [-0.2, -0.15) is 5.10 Å². The molecule has 1 amide bonds. The molecule has 0 radical (unpaired) electrons. The van der Waals surface area contributed by atoms with Crippen LogP contribution in [0, 0.1) is 0 Å². The minimum absolute atomic E-state index is 0.126. The standard InChI is InChI=1S/C16H19N3O3/c1-21-13-4-2-11(3-5-13)14-10-15(19-18-14)16(20)17-12-6-8-22-9-7-12/h2-5,10,12H,6-9H2,1H3,(H,17,20)(H,18,19). The first-order chi connectivity index (χ1) is 10.8. The van der Waals surface area contributed by atoms with Crippen molar-refractivity contribution in [3.8, 4) is 17.0 Å². The topological polar surface area (TPSA) is 76.2 Å². The van der Waals surface area contributed by atoms with E-state index in [0.717, 1.165) is 29.8 Å². The molecule has 0 unspecified atom stereocenters. The highest BCUT2D eigenvalue weighted by Crippen LogP contribution is 2.21. The van der Waals surface area contributed by atoms with Crippen LogP contribution in [-0.2, 0) is 4.74 Å². The molecule has 1 aromatic heterocycles. The molecule has 0 bridgehead atoms. The number of rotatable bonds is 4.